The maximum absolute atomic E-state index is 11.5. The van der Waals surface area contributed by atoms with Gasteiger partial charge in [0.05, 0.1) is 7.11 Å². The van der Waals surface area contributed by atoms with Gasteiger partial charge in [0, 0.05) is 10.4 Å². The van der Waals surface area contributed by atoms with E-state index in [0.29, 0.717) is 5.69 Å². The van der Waals surface area contributed by atoms with E-state index in [9.17, 15) is 4.79 Å². The molecule has 0 N–H and O–H groups in total. The van der Waals surface area contributed by atoms with Crippen LogP contribution in [0.25, 0.3) is 10.6 Å². The van der Waals surface area contributed by atoms with E-state index >= 15 is 0 Å². The zero-order valence-electron chi connectivity index (χ0n) is 9.98. The van der Waals surface area contributed by atoms with Crippen LogP contribution in [0.3, 0.4) is 0 Å². The first-order valence-corrected chi connectivity index (χ1v) is 6.06. The third-order valence-corrected chi connectivity index (χ3v) is 3.46. The molecule has 0 spiro atoms. The average molecular weight is 247 g/mol. The highest BCUT2D eigenvalue weighted by atomic mass is 32.1. The van der Waals surface area contributed by atoms with Crippen LogP contribution in [0.2, 0.25) is 0 Å². The molecule has 4 heteroatoms. The van der Waals surface area contributed by atoms with E-state index in [0.717, 1.165) is 15.4 Å². The van der Waals surface area contributed by atoms with E-state index in [2.05, 4.69) is 11.1 Å². The lowest BCUT2D eigenvalue weighted by molar-refractivity contribution is 0.0594. The summed E-state index contributed by atoms with van der Waals surface area (Å²) < 4.78 is 4.70. The first kappa shape index (κ1) is 11.8. The summed E-state index contributed by atoms with van der Waals surface area (Å²) >= 11 is 1.51. The highest BCUT2D eigenvalue weighted by molar-refractivity contribution is 7.15. The fourth-order valence-corrected chi connectivity index (χ4v) is 2.48. The summed E-state index contributed by atoms with van der Waals surface area (Å²) in [6.07, 6.45) is 0. The Morgan fingerprint density at radius 2 is 2.12 bits per heavy atom. The zero-order valence-corrected chi connectivity index (χ0v) is 10.8. The van der Waals surface area contributed by atoms with Crippen LogP contribution in [0, 0.1) is 13.8 Å². The molecule has 0 radical (unpaired) electrons. The summed E-state index contributed by atoms with van der Waals surface area (Å²) in [4.78, 5) is 16.7. The van der Waals surface area contributed by atoms with Crippen molar-refractivity contribution in [2.75, 3.05) is 7.11 Å². The average Bonchev–Trinajstić information content (AvgIpc) is 2.70. The van der Waals surface area contributed by atoms with Crippen LogP contribution in [0.15, 0.2) is 24.3 Å². The molecule has 0 aliphatic rings. The second kappa shape index (κ2) is 4.67. The molecule has 2 aromatic rings. The molecule has 3 nitrogen and oxygen atoms in total. The lowest BCUT2D eigenvalue weighted by Gasteiger charge is -1.97. The zero-order chi connectivity index (χ0) is 12.4. The molecule has 1 aromatic carbocycles. The number of aromatic nitrogens is 1. The van der Waals surface area contributed by atoms with E-state index in [1.807, 2.05) is 32.0 Å². The summed E-state index contributed by atoms with van der Waals surface area (Å²) in [6, 6.07) is 8.07. The van der Waals surface area contributed by atoms with Crippen molar-refractivity contribution >= 4 is 17.3 Å². The van der Waals surface area contributed by atoms with Gasteiger partial charge in [-0.05, 0) is 19.9 Å². The number of rotatable bonds is 2. The fourth-order valence-electron chi connectivity index (χ4n) is 1.58. The minimum Gasteiger partial charge on any atom is -0.464 e. The van der Waals surface area contributed by atoms with Crippen LogP contribution in [0.1, 0.15) is 20.9 Å². The van der Waals surface area contributed by atoms with E-state index in [1.165, 1.54) is 24.0 Å². The maximum atomic E-state index is 11.5. The van der Waals surface area contributed by atoms with E-state index in [4.69, 9.17) is 4.74 Å². The molecule has 88 valence electrons. The van der Waals surface area contributed by atoms with E-state index in [-0.39, 0.29) is 5.97 Å². The van der Waals surface area contributed by atoms with Gasteiger partial charge >= 0.3 is 5.97 Å². The standard InChI is InChI=1S/C13H13NO2S/c1-8-5-4-6-10(7-8)12-14-11(9(2)17-12)13(15)16-3/h4-7H,1-3H3. The highest BCUT2D eigenvalue weighted by Gasteiger charge is 2.16. The van der Waals surface area contributed by atoms with Gasteiger partial charge in [-0.1, -0.05) is 23.8 Å². The molecular weight excluding hydrogens is 234 g/mol. The first-order chi connectivity index (χ1) is 8.11. The summed E-state index contributed by atoms with van der Waals surface area (Å²) in [7, 11) is 1.37. The van der Waals surface area contributed by atoms with Crippen molar-refractivity contribution in [3.63, 3.8) is 0 Å². The van der Waals surface area contributed by atoms with Gasteiger partial charge in [-0.15, -0.1) is 11.3 Å². The molecule has 0 unspecified atom stereocenters. The molecule has 0 saturated heterocycles. The molecule has 1 heterocycles. The highest BCUT2D eigenvalue weighted by Crippen LogP contribution is 2.28. The second-order valence-corrected chi connectivity index (χ2v) is 4.99. The van der Waals surface area contributed by atoms with E-state index < -0.39 is 0 Å². The summed E-state index contributed by atoms with van der Waals surface area (Å²) in [6.45, 7) is 3.91. The molecule has 1 aromatic heterocycles. The van der Waals surface area contributed by atoms with Crippen molar-refractivity contribution in [2.24, 2.45) is 0 Å². The molecule has 0 fully saturated rings. The number of hydrogen-bond donors (Lipinski definition) is 0. The number of carbonyl (C=O) groups is 1. The number of ether oxygens (including phenoxy) is 1. The number of nitrogens with zero attached hydrogens (tertiary/aromatic N) is 1. The Morgan fingerprint density at radius 1 is 1.35 bits per heavy atom. The topological polar surface area (TPSA) is 39.2 Å². The van der Waals surface area contributed by atoms with Crippen molar-refractivity contribution in [1.29, 1.82) is 0 Å². The number of aryl methyl sites for hydroxylation is 2. The van der Waals surface area contributed by atoms with Gasteiger partial charge in [-0.2, -0.15) is 0 Å². The summed E-state index contributed by atoms with van der Waals surface area (Å²) in [5.41, 5.74) is 2.62. The SMILES string of the molecule is COC(=O)c1nc(-c2cccc(C)c2)sc1C. The van der Waals surface area contributed by atoms with Crippen molar-refractivity contribution < 1.29 is 9.53 Å². The number of carbonyl (C=O) groups excluding carboxylic acids is 1. The molecule has 0 amide bonds. The normalized spacial score (nSPS) is 10.3. The molecular formula is C13H13NO2S. The Bertz CT molecular complexity index is 560. The molecule has 17 heavy (non-hydrogen) atoms. The van der Waals surface area contributed by atoms with Crippen LogP contribution in [0.5, 0.6) is 0 Å². The Morgan fingerprint density at radius 3 is 2.76 bits per heavy atom. The first-order valence-electron chi connectivity index (χ1n) is 5.24. The molecule has 0 atom stereocenters. The van der Waals surface area contributed by atoms with Crippen LogP contribution in [0.4, 0.5) is 0 Å². The minimum absolute atomic E-state index is 0.377. The maximum Gasteiger partial charge on any atom is 0.357 e. The number of methoxy groups -OCH3 is 1. The Labute approximate surface area is 104 Å². The Balaban J connectivity index is 2.44. The van der Waals surface area contributed by atoms with Gasteiger partial charge in [0.15, 0.2) is 5.69 Å². The third kappa shape index (κ3) is 2.36. The fraction of sp³-hybridized carbons (Fsp3) is 0.231. The van der Waals surface area contributed by atoms with E-state index in [1.54, 1.807) is 0 Å². The van der Waals surface area contributed by atoms with Gasteiger partial charge in [-0.3, -0.25) is 0 Å². The van der Waals surface area contributed by atoms with Crippen LogP contribution < -0.4 is 0 Å². The van der Waals surface area contributed by atoms with Crippen LogP contribution >= 0.6 is 11.3 Å². The Hall–Kier alpha value is -1.68. The number of esters is 1. The van der Waals surface area contributed by atoms with Crippen molar-refractivity contribution in [3.05, 3.63) is 40.4 Å². The van der Waals surface area contributed by atoms with Crippen molar-refractivity contribution in [2.45, 2.75) is 13.8 Å². The second-order valence-electron chi connectivity index (χ2n) is 3.78. The largest absolute Gasteiger partial charge is 0.464 e. The van der Waals surface area contributed by atoms with Gasteiger partial charge in [-0.25, -0.2) is 9.78 Å². The Kier molecular flexibility index (Phi) is 3.24. The summed E-state index contributed by atoms with van der Waals surface area (Å²) in [5.74, 6) is -0.377. The number of hydrogen-bond acceptors (Lipinski definition) is 4. The van der Waals surface area contributed by atoms with Crippen molar-refractivity contribution in [3.8, 4) is 10.6 Å². The molecule has 0 aliphatic heterocycles. The number of thiazole rings is 1. The third-order valence-electron chi connectivity index (χ3n) is 2.44. The quantitative estimate of drug-likeness (QED) is 0.765. The number of benzene rings is 1. The van der Waals surface area contributed by atoms with Crippen molar-refractivity contribution in [1.82, 2.24) is 4.98 Å². The predicted octanol–water partition coefficient (Wildman–Crippen LogP) is 3.21. The predicted molar refractivity (Wildman–Crippen MR) is 68.4 cm³/mol. The lowest BCUT2D eigenvalue weighted by Crippen LogP contribution is -2.03. The van der Waals surface area contributed by atoms with Gasteiger partial charge < -0.3 is 4.74 Å². The van der Waals surface area contributed by atoms with Gasteiger partial charge in [0.25, 0.3) is 0 Å². The molecule has 0 bridgehead atoms. The van der Waals surface area contributed by atoms with Crippen LogP contribution in [-0.2, 0) is 4.74 Å². The van der Waals surface area contributed by atoms with Gasteiger partial charge in [0.1, 0.15) is 5.01 Å². The molecule has 0 saturated carbocycles. The van der Waals surface area contributed by atoms with Crippen LogP contribution in [-0.4, -0.2) is 18.1 Å². The molecule has 2 rings (SSSR count). The molecule has 0 aliphatic carbocycles. The van der Waals surface area contributed by atoms with Gasteiger partial charge in [0.2, 0.25) is 0 Å². The smallest absolute Gasteiger partial charge is 0.357 e. The monoisotopic (exact) mass is 247 g/mol. The lowest BCUT2D eigenvalue weighted by atomic mass is 10.1. The minimum atomic E-state index is -0.377. The summed E-state index contributed by atoms with van der Waals surface area (Å²) in [5, 5.41) is 0.853.